The van der Waals surface area contributed by atoms with Gasteiger partial charge in [-0.1, -0.05) is 29.3 Å². The molecule has 2 nitrogen and oxygen atoms in total. The molecule has 1 atom stereocenters. The van der Waals surface area contributed by atoms with E-state index in [2.05, 4.69) is 5.32 Å². The quantitative estimate of drug-likeness (QED) is 0.844. The molecule has 108 valence electrons. The Morgan fingerprint density at radius 2 is 1.86 bits per heavy atom. The molecule has 1 unspecified atom stereocenters. The highest BCUT2D eigenvalue weighted by Gasteiger charge is 2.28. The number of halogens is 3. The first-order chi connectivity index (χ1) is 10.0. The third-order valence-corrected chi connectivity index (χ3v) is 4.07. The lowest BCUT2D eigenvalue weighted by Crippen LogP contribution is -2.19. The minimum absolute atomic E-state index is 0.126. The lowest BCUT2D eigenvalue weighted by molar-refractivity contribution is -0.117. The van der Waals surface area contributed by atoms with Crippen molar-refractivity contribution in [3.05, 3.63) is 63.4 Å². The van der Waals surface area contributed by atoms with Crippen molar-refractivity contribution >= 4 is 34.8 Å². The molecule has 1 aliphatic carbocycles. The van der Waals surface area contributed by atoms with Crippen LogP contribution in [0.25, 0.3) is 0 Å². The van der Waals surface area contributed by atoms with Crippen molar-refractivity contribution in [3.63, 3.8) is 0 Å². The maximum absolute atomic E-state index is 13.2. The molecular formula is C16H12Cl2FNO. The van der Waals surface area contributed by atoms with Gasteiger partial charge in [-0.3, -0.25) is 4.79 Å². The molecule has 0 heterocycles. The fourth-order valence-corrected chi connectivity index (χ4v) is 3.24. The van der Waals surface area contributed by atoms with Gasteiger partial charge in [-0.15, -0.1) is 0 Å². The predicted octanol–water partition coefficient (Wildman–Crippen LogP) is 4.80. The summed E-state index contributed by atoms with van der Waals surface area (Å²) >= 11 is 11.8. The van der Waals surface area contributed by atoms with E-state index in [1.165, 1.54) is 12.1 Å². The second-order valence-electron chi connectivity index (χ2n) is 5.08. The minimum Gasteiger partial charge on any atom is -0.325 e. The Kier molecular flexibility index (Phi) is 3.87. The molecule has 2 aromatic carbocycles. The van der Waals surface area contributed by atoms with Crippen LogP contribution in [0.2, 0.25) is 10.0 Å². The molecule has 0 saturated carbocycles. The average Bonchev–Trinajstić information content (AvgIpc) is 2.80. The van der Waals surface area contributed by atoms with Crippen LogP contribution < -0.4 is 5.32 Å². The van der Waals surface area contributed by atoms with E-state index < -0.39 is 0 Å². The summed E-state index contributed by atoms with van der Waals surface area (Å²) in [6.07, 6.45) is 1.39. The summed E-state index contributed by atoms with van der Waals surface area (Å²) in [5, 5.41) is 3.75. The van der Waals surface area contributed by atoms with Crippen molar-refractivity contribution in [3.8, 4) is 0 Å². The molecule has 3 rings (SSSR count). The first-order valence-corrected chi connectivity index (χ1v) is 7.34. The number of carbonyl (C=O) groups is 1. The van der Waals surface area contributed by atoms with Gasteiger partial charge in [0.25, 0.3) is 0 Å². The van der Waals surface area contributed by atoms with Gasteiger partial charge in [0.2, 0.25) is 5.91 Å². The molecule has 21 heavy (non-hydrogen) atoms. The fraction of sp³-hybridized carbons (Fsp3) is 0.188. The van der Waals surface area contributed by atoms with Crippen molar-refractivity contribution in [2.45, 2.75) is 18.8 Å². The number of nitrogens with one attached hydrogen (secondary N) is 1. The Morgan fingerprint density at radius 1 is 1.14 bits per heavy atom. The summed E-state index contributed by atoms with van der Waals surface area (Å²) in [6.45, 7) is 0. The Bertz CT molecular complexity index is 697. The third-order valence-electron chi connectivity index (χ3n) is 3.63. The molecule has 0 fully saturated rings. The Balaban J connectivity index is 1.81. The summed E-state index contributed by atoms with van der Waals surface area (Å²) in [7, 11) is 0. The minimum atomic E-state index is -0.267. The van der Waals surface area contributed by atoms with E-state index in [0.29, 0.717) is 28.6 Å². The van der Waals surface area contributed by atoms with Crippen LogP contribution in [0.5, 0.6) is 0 Å². The molecule has 5 heteroatoms. The molecule has 0 bridgehead atoms. The van der Waals surface area contributed by atoms with Gasteiger partial charge in [-0.25, -0.2) is 4.39 Å². The molecule has 0 spiro atoms. The summed E-state index contributed by atoms with van der Waals surface area (Å²) in [6, 6.07) is 9.47. The van der Waals surface area contributed by atoms with Crippen LogP contribution in [-0.4, -0.2) is 5.91 Å². The molecule has 0 aromatic heterocycles. The predicted molar refractivity (Wildman–Crippen MR) is 82.6 cm³/mol. The van der Waals surface area contributed by atoms with Crippen LogP contribution >= 0.6 is 23.2 Å². The first-order valence-electron chi connectivity index (χ1n) is 6.58. The first kappa shape index (κ1) is 14.4. The van der Waals surface area contributed by atoms with E-state index in [4.69, 9.17) is 23.2 Å². The van der Waals surface area contributed by atoms with Crippen LogP contribution in [0.3, 0.4) is 0 Å². The number of carbonyl (C=O) groups excluding carboxylic acids is 1. The van der Waals surface area contributed by atoms with Gasteiger partial charge < -0.3 is 5.32 Å². The second kappa shape index (κ2) is 5.66. The van der Waals surface area contributed by atoms with Crippen LogP contribution in [0.15, 0.2) is 36.4 Å². The molecule has 2 aromatic rings. The molecule has 1 aliphatic rings. The molecule has 1 amide bonds. The van der Waals surface area contributed by atoms with Crippen molar-refractivity contribution in [2.24, 2.45) is 0 Å². The lowest BCUT2D eigenvalue weighted by atomic mass is 10.0. The van der Waals surface area contributed by atoms with Gasteiger partial charge in [0.15, 0.2) is 0 Å². The van der Waals surface area contributed by atoms with Crippen molar-refractivity contribution < 1.29 is 9.18 Å². The second-order valence-corrected chi connectivity index (χ2v) is 5.95. The maximum atomic E-state index is 13.2. The Hall–Kier alpha value is -1.58. The van der Waals surface area contributed by atoms with Gasteiger partial charge >= 0.3 is 0 Å². The lowest BCUT2D eigenvalue weighted by Gasteiger charge is -2.13. The Labute approximate surface area is 131 Å². The van der Waals surface area contributed by atoms with Gasteiger partial charge in [0, 0.05) is 15.7 Å². The van der Waals surface area contributed by atoms with Crippen LogP contribution in [-0.2, 0) is 11.2 Å². The zero-order chi connectivity index (χ0) is 15.0. The van der Waals surface area contributed by atoms with Gasteiger partial charge in [0.1, 0.15) is 5.82 Å². The number of rotatable bonds is 2. The number of benzene rings is 2. The van der Waals surface area contributed by atoms with Crippen LogP contribution in [0.1, 0.15) is 23.5 Å². The summed E-state index contributed by atoms with van der Waals surface area (Å²) in [5.74, 6) is -0.659. The number of fused-ring (bicyclic) bond motifs is 1. The smallest absolute Gasteiger partial charge is 0.231 e. The number of aryl methyl sites for hydroxylation is 1. The van der Waals surface area contributed by atoms with E-state index in [1.54, 1.807) is 24.3 Å². The van der Waals surface area contributed by atoms with Crippen molar-refractivity contribution in [1.82, 2.24) is 0 Å². The number of anilines is 1. The van der Waals surface area contributed by atoms with Crippen molar-refractivity contribution in [1.29, 1.82) is 0 Å². The van der Waals surface area contributed by atoms with Gasteiger partial charge in [-0.2, -0.15) is 0 Å². The number of hydrogen-bond donors (Lipinski definition) is 1. The standard InChI is InChI=1S/C16H12Cl2FNO/c17-10-6-11(18)8-13(7-10)20-16(21)15-3-1-9-5-12(19)2-4-14(9)15/h2,4-8,15H,1,3H2,(H,20,21). The highest BCUT2D eigenvalue weighted by Crippen LogP contribution is 2.34. The molecule has 0 aliphatic heterocycles. The molecule has 0 radical (unpaired) electrons. The number of hydrogen-bond acceptors (Lipinski definition) is 1. The highest BCUT2D eigenvalue weighted by molar-refractivity contribution is 6.35. The fourth-order valence-electron chi connectivity index (χ4n) is 2.71. The van der Waals surface area contributed by atoms with E-state index in [1.807, 2.05) is 0 Å². The molecule has 0 saturated heterocycles. The average molecular weight is 324 g/mol. The molecular weight excluding hydrogens is 312 g/mol. The highest BCUT2D eigenvalue weighted by atomic mass is 35.5. The largest absolute Gasteiger partial charge is 0.325 e. The van der Waals surface area contributed by atoms with Gasteiger partial charge in [-0.05, 0) is 54.3 Å². The third kappa shape index (κ3) is 3.04. The number of amides is 1. The summed E-state index contributed by atoms with van der Waals surface area (Å²) in [4.78, 5) is 12.4. The summed E-state index contributed by atoms with van der Waals surface area (Å²) in [5.41, 5.74) is 2.36. The van der Waals surface area contributed by atoms with E-state index >= 15 is 0 Å². The van der Waals surface area contributed by atoms with Crippen LogP contribution in [0.4, 0.5) is 10.1 Å². The monoisotopic (exact) mass is 323 g/mol. The topological polar surface area (TPSA) is 29.1 Å². The molecule has 1 N–H and O–H groups in total. The van der Waals surface area contributed by atoms with E-state index in [-0.39, 0.29) is 17.6 Å². The SMILES string of the molecule is O=C(Nc1cc(Cl)cc(Cl)c1)C1CCc2cc(F)ccc21. The zero-order valence-corrected chi connectivity index (χ0v) is 12.5. The maximum Gasteiger partial charge on any atom is 0.231 e. The summed E-state index contributed by atoms with van der Waals surface area (Å²) < 4.78 is 13.2. The Morgan fingerprint density at radius 3 is 2.57 bits per heavy atom. The normalized spacial score (nSPS) is 16.6. The van der Waals surface area contributed by atoms with Crippen molar-refractivity contribution in [2.75, 3.05) is 5.32 Å². The van der Waals surface area contributed by atoms with E-state index in [9.17, 15) is 9.18 Å². The zero-order valence-electron chi connectivity index (χ0n) is 11.0. The van der Waals surface area contributed by atoms with E-state index in [0.717, 1.165) is 11.1 Å². The van der Waals surface area contributed by atoms with Crippen LogP contribution in [0, 0.1) is 5.82 Å². The van der Waals surface area contributed by atoms with Gasteiger partial charge in [0.05, 0.1) is 5.92 Å².